The molecule has 3 N–H and O–H groups in total. The fraction of sp³-hybridized carbons (Fsp3) is 0.409. The van der Waals surface area contributed by atoms with E-state index in [1.807, 2.05) is 54.6 Å². The number of aliphatic hydroxyl groups is 2. The van der Waals surface area contributed by atoms with Gasteiger partial charge in [-0.3, -0.25) is 0 Å². The van der Waals surface area contributed by atoms with Crippen molar-refractivity contribution >= 4 is 6.09 Å². The molecule has 152 valence electrons. The van der Waals surface area contributed by atoms with Crippen molar-refractivity contribution in [3.8, 4) is 5.75 Å². The normalized spacial score (nSPS) is 13.5. The summed E-state index contributed by atoms with van der Waals surface area (Å²) in [5.74, 6) is 0.729. The molecule has 0 heterocycles. The highest BCUT2D eigenvalue weighted by Gasteiger charge is 2.24. The third-order valence-corrected chi connectivity index (χ3v) is 3.98. The highest BCUT2D eigenvalue weighted by molar-refractivity contribution is 5.68. The summed E-state index contributed by atoms with van der Waals surface area (Å²) in [6, 6.07) is 16.6. The maximum Gasteiger partial charge on any atom is 0.407 e. The topological polar surface area (TPSA) is 88.0 Å². The molecule has 0 saturated carbocycles. The van der Waals surface area contributed by atoms with E-state index < -0.39 is 30.4 Å². The summed E-state index contributed by atoms with van der Waals surface area (Å²) in [4.78, 5) is 12.0. The average molecular weight is 387 g/mol. The minimum Gasteiger partial charge on any atom is -0.489 e. The first-order chi connectivity index (χ1) is 13.3. The van der Waals surface area contributed by atoms with E-state index in [9.17, 15) is 15.0 Å². The number of benzene rings is 2. The second kappa shape index (κ2) is 10.1. The van der Waals surface area contributed by atoms with Gasteiger partial charge in [-0.2, -0.15) is 0 Å². The van der Waals surface area contributed by atoms with Crippen molar-refractivity contribution in [1.82, 2.24) is 5.32 Å². The van der Waals surface area contributed by atoms with Gasteiger partial charge in [-0.25, -0.2) is 4.79 Å². The van der Waals surface area contributed by atoms with Crippen LogP contribution in [0.1, 0.15) is 31.9 Å². The van der Waals surface area contributed by atoms with Gasteiger partial charge in [0, 0.05) is 0 Å². The Labute approximate surface area is 166 Å². The molecule has 0 aliphatic heterocycles. The van der Waals surface area contributed by atoms with Gasteiger partial charge in [0.1, 0.15) is 18.0 Å². The summed E-state index contributed by atoms with van der Waals surface area (Å²) in [5, 5.41) is 22.0. The van der Waals surface area contributed by atoms with E-state index in [4.69, 9.17) is 9.47 Å². The van der Waals surface area contributed by atoms with Crippen LogP contribution >= 0.6 is 0 Å². The molecule has 2 aromatic rings. The molecule has 2 atom stereocenters. The van der Waals surface area contributed by atoms with E-state index in [-0.39, 0.29) is 0 Å². The van der Waals surface area contributed by atoms with Crippen LogP contribution in [0.5, 0.6) is 5.75 Å². The van der Waals surface area contributed by atoms with Crippen molar-refractivity contribution in [3.05, 3.63) is 65.7 Å². The Kier molecular flexibility index (Phi) is 7.84. The Hall–Kier alpha value is -2.57. The van der Waals surface area contributed by atoms with Crippen LogP contribution in [0.15, 0.2) is 54.6 Å². The van der Waals surface area contributed by atoms with Crippen molar-refractivity contribution < 1.29 is 24.5 Å². The van der Waals surface area contributed by atoms with E-state index in [1.54, 1.807) is 20.8 Å². The first-order valence-electron chi connectivity index (χ1n) is 9.31. The molecule has 0 fully saturated rings. The molecular weight excluding hydrogens is 358 g/mol. The van der Waals surface area contributed by atoms with Crippen LogP contribution in [0.25, 0.3) is 0 Å². The molecule has 0 aliphatic carbocycles. The Morgan fingerprint density at radius 1 is 1.04 bits per heavy atom. The number of aliphatic hydroxyl groups excluding tert-OH is 2. The summed E-state index contributed by atoms with van der Waals surface area (Å²) < 4.78 is 11.0. The fourth-order valence-electron chi connectivity index (χ4n) is 2.59. The number of ether oxygens (including phenoxy) is 2. The summed E-state index contributed by atoms with van der Waals surface area (Å²) in [7, 11) is 0. The number of amides is 1. The number of rotatable bonds is 8. The molecule has 0 saturated heterocycles. The lowest BCUT2D eigenvalue weighted by atomic mass is 10.0. The van der Waals surface area contributed by atoms with Gasteiger partial charge >= 0.3 is 6.09 Å². The summed E-state index contributed by atoms with van der Waals surface area (Å²) in [6.07, 6.45) is -1.38. The second-order valence-electron chi connectivity index (χ2n) is 7.62. The van der Waals surface area contributed by atoms with E-state index in [2.05, 4.69) is 5.32 Å². The first-order valence-corrected chi connectivity index (χ1v) is 9.31. The molecule has 0 unspecified atom stereocenters. The van der Waals surface area contributed by atoms with E-state index >= 15 is 0 Å². The predicted octanol–water partition coefficient (Wildman–Crippen LogP) is 3.05. The van der Waals surface area contributed by atoms with Crippen molar-refractivity contribution in [1.29, 1.82) is 0 Å². The second-order valence-corrected chi connectivity index (χ2v) is 7.62. The van der Waals surface area contributed by atoms with Crippen LogP contribution in [0.3, 0.4) is 0 Å². The zero-order chi connectivity index (χ0) is 20.6. The van der Waals surface area contributed by atoms with Gasteiger partial charge in [-0.15, -0.1) is 0 Å². The average Bonchev–Trinajstić information content (AvgIpc) is 2.65. The standard InChI is InChI=1S/C22H29NO5/c1-22(2,3)28-21(26)23-19(20(25)14-24)13-16-9-11-18(12-10-16)27-15-17-7-5-4-6-8-17/h4-12,19-20,24-25H,13-15H2,1-3H3,(H,23,26)/t19-,20+/m0/s1. The molecule has 1 amide bonds. The van der Waals surface area contributed by atoms with Crippen molar-refractivity contribution in [3.63, 3.8) is 0 Å². The molecule has 0 spiro atoms. The number of hydrogen-bond acceptors (Lipinski definition) is 5. The summed E-state index contributed by atoms with van der Waals surface area (Å²) in [6.45, 7) is 5.31. The molecule has 28 heavy (non-hydrogen) atoms. The third kappa shape index (κ3) is 7.58. The molecule has 0 aliphatic rings. The van der Waals surface area contributed by atoms with Gasteiger partial charge in [-0.05, 0) is 50.5 Å². The first kappa shape index (κ1) is 21.7. The molecule has 0 bridgehead atoms. The Balaban J connectivity index is 1.95. The molecule has 0 aromatic heterocycles. The molecule has 2 rings (SSSR count). The Bertz CT molecular complexity index is 725. The van der Waals surface area contributed by atoms with Gasteiger partial charge in [0.25, 0.3) is 0 Å². The lowest BCUT2D eigenvalue weighted by Gasteiger charge is -2.26. The molecule has 2 aromatic carbocycles. The molecule has 6 heteroatoms. The Morgan fingerprint density at radius 2 is 1.68 bits per heavy atom. The Morgan fingerprint density at radius 3 is 2.25 bits per heavy atom. The molecule has 6 nitrogen and oxygen atoms in total. The highest BCUT2D eigenvalue weighted by atomic mass is 16.6. The van der Waals surface area contributed by atoms with Crippen molar-refractivity contribution in [2.75, 3.05) is 6.61 Å². The number of carbonyl (C=O) groups excluding carboxylic acids is 1. The largest absolute Gasteiger partial charge is 0.489 e. The van der Waals surface area contributed by atoms with Gasteiger partial charge in [0.15, 0.2) is 0 Å². The smallest absolute Gasteiger partial charge is 0.407 e. The van der Waals surface area contributed by atoms with E-state index in [1.165, 1.54) is 0 Å². The lowest BCUT2D eigenvalue weighted by molar-refractivity contribution is 0.0320. The lowest BCUT2D eigenvalue weighted by Crippen LogP contribution is -2.48. The zero-order valence-corrected chi connectivity index (χ0v) is 16.6. The zero-order valence-electron chi connectivity index (χ0n) is 16.6. The molecule has 0 radical (unpaired) electrons. The summed E-state index contributed by atoms with van der Waals surface area (Å²) in [5.41, 5.74) is 1.33. The third-order valence-electron chi connectivity index (χ3n) is 3.98. The van der Waals surface area contributed by atoms with Gasteiger partial charge in [0.05, 0.1) is 18.8 Å². The van der Waals surface area contributed by atoms with Crippen LogP contribution in [-0.4, -0.2) is 40.7 Å². The van der Waals surface area contributed by atoms with Crippen molar-refractivity contribution in [2.45, 2.75) is 51.5 Å². The number of carbonyl (C=O) groups is 1. The minimum atomic E-state index is -1.10. The van der Waals surface area contributed by atoms with Crippen LogP contribution in [0.2, 0.25) is 0 Å². The van der Waals surface area contributed by atoms with Gasteiger partial charge in [-0.1, -0.05) is 42.5 Å². The summed E-state index contributed by atoms with van der Waals surface area (Å²) >= 11 is 0. The molecular formula is C22H29NO5. The number of alkyl carbamates (subject to hydrolysis) is 1. The predicted molar refractivity (Wildman–Crippen MR) is 107 cm³/mol. The van der Waals surface area contributed by atoms with E-state index in [0.29, 0.717) is 13.0 Å². The van der Waals surface area contributed by atoms with Crippen LogP contribution in [0, 0.1) is 0 Å². The van der Waals surface area contributed by atoms with Crippen LogP contribution in [-0.2, 0) is 17.8 Å². The monoisotopic (exact) mass is 387 g/mol. The minimum absolute atomic E-state index is 0.347. The van der Waals surface area contributed by atoms with Gasteiger partial charge in [0.2, 0.25) is 0 Å². The SMILES string of the molecule is CC(C)(C)OC(=O)N[C@@H](Cc1ccc(OCc2ccccc2)cc1)[C@H](O)CO. The van der Waals surface area contributed by atoms with Gasteiger partial charge < -0.3 is 25.0 Å². The quantitative estimate of drug-likeness (QED) is 0.648. The highest BCUT2D eigenvalue weighted by Crippen LogP contribution is 2.16. The maximum atomic E-state index is 12.0. The van der Waals surface area contributed by atoms with E-state index in [0.717, 1.165) is 16.9 Å². The van der Waals surface area contributed by atoms with Crippen LogP contribution in [0.4, 0.5) is 4.79 Å². The van der Waals surface area contributed by atoms with Crippen molar-refractivity contribution in [2.24, 2.45) is 0 Å². The number of hydrogen-bond donors (Lipinski definition) is 3. The number of nitrogens with one attached hydrogen (secondary N) is 1. The van der Waals surface area contributed by atoms with Crippen LogP contribution < -0.4 is 10.1 Å². The fourth-order valence-corrected chi connectivity index (χ4v) is 2.59. The maximum absolute atomic E-state index is 12.0.